The molecule has 0 spiro atoms. The Morgan fingerprint density at radius 3 is 3.05 bits per heavy atom. The van der Waals surface area contributed by atoms with E-state index in [9.17, 15) is 4.79 Å². The highest BCUT2D eigenvalue weighted by molar-refractivity contribution is 5.85. The third-order valence-corrected chi connectivity index (χ3v) is 3.19. The summed E-state index contributed by atoms with van der Waals surface area (Å²) in [6.45, 7) is 6.26. The lowest BCUT2D eigenvalue weighted by molar-refractivity contribution is 0.0587. The third-order valence-electron chi connectivity index (χ3n) is 3.19. The Morgan fingerprint density at radius 1 is 1.50 bits per heavy atom. The molecule has 0 unspecified atom stereocenters. The van der Waals surface area contributed by atoms with Gasteiger partial charge in [-0.05, 0) is 19.0 Å². The van der Waals surface area contributed by atoms with E-state index in [0.29, 0.717) is 5.82 Å². The number of anilines is 1. The first kappa shape index (κ1) is 14.7. The molecule has 0 amide bonds. The van der Waals surface area contributed by atoms with Gasteiger partial charge in [-0.25, -0.2) is 14.8 Å². The predicted octanol–water partition coefficient (Wildman–Crippen LogP) is -0.0296. The van der Waals surface area contributed by atoms with Crippen LogP contribution in [-0.4, -0.2) is 67.2 Å². The number of hydrogen-bond donors (Lipinski definition) is 2. The van der Waals surface area contributed by atoms with Gasteiger partial charge in [0.15, 0.2) is 0 Å². The number of nitrogens with one attached hydrogen (secondary N) is 2. The fourth-order valence-electron chi connectivity index (χ4n) is 2.10. The Hall–Kier alpha value is -1.73. The van der Waals surface area contributed by atoms with E-state index < -0.39 is 5.97 Å². The minimum Gasteiger partial charge on any atom is -0.463 e. The van der Waals surface area contributed by atoms with Gasteiger partial charge < -0.3 is 20.3 Å². The van der Waals surface area contributed by atoms with Gasteiger partial charge in [0.2, 0.25) is 5.82 Å². The normalized spacial score (nSPS) is 15.8. The Morgan fingerprint density at radius 2 is 2.30 bits per heavy atom. The summed E-state index contributed by atoms with van der Waals surface area (Å²) in [6.07, 6.45) is 2.59. The van der Waals surface area contributed by atoms with Crippen LogP contribution in [-0.2, 0) is 4.74 Å². The highest BCUT2D eigenvalue weighted by atomic mass is 16.5. The molecule has 1 saturated heterocycles. The Kier molecular flexibility index (Phi) is 5.69. The molecule has 1 fully saturated rings. The molecule has 1 aliphatic heterocycles. The molecule has 110 valence electrons. The average molecular weight is 279 g/mol. The zero-order chi connectivity index (χ0) is 14.2. The van der Waals surface area contributed by atoms with Crippen molar-refractivity contribution in [3.8, 4) is 0 Å². The number of esters is 1. The summed E-state index contributed by atoms with van der Waals surface area (Å²) in [5, 5.41) is 6.54. The Labute approximate surface area is 118 Å². The van der Waals surface area contributed by atoms with E-state index in [4.69, 9.17) is 0 Å². The summed E-state index contributed by atoms with van der Waals surface area (Å²) >= 11 is 0. The van der Waals surface area contributed by atoms with Crippen molar-refractivity contribution in [1.29, 1.82) is 0 Å². The first-order chi connectivity index (χ1) is 9.79. The fourth-order valence-corrected chi connectivity index (χ4v) is 2.10. The van der Waals surface area contributed by atoms with E-state index in [2.05, 4.69) is 30.2 Å². The molecule has 2 rings (SSSR count). The molecule has 7 heteroatoms. The first-order valence-electron chi connectivity index (χ1n) is 6.88. The van der Waals surface area contributed by atoms with Crippen LogP contribution >= 0.6 is 0 Å². The molecule has 1 aromatic rings. The second-order valence-electron chi connectivity index (χ2n) is 4.63. The van der Waals surface area contributed by atoms with Crippen LogP contribution in [0.1, 0.15) is 17.0 Å². The van der Waals surface area contributed by atoms with Crippen molar-refractivity contribution in [3.05, 3.63) is 18.1 Å². The lowest BCUT2D eigenvalue weighted by Crippen LogP contribution is -2.44. The maximum Gasteiger partial charge on any atom is 0.376 e. The molecule has 0 atom stereocenters. The van der Waals surface area contributed by atoms with Crippen LogP contribution in [0.15, 0.2) is 12.3 Å². The number of hydrogen-bond acceptors (Lipinski definition) is 7. The maximum absolute atomic E-state index is 11.3. The summed E-state index contributed by atoms with van der Waals surface area (Å²) in [4.78, 5) is 21.7. The maximum atomic E-state index is 11.3. The minimum atomic E-state index is -0.519. The van der Waals surface area contributed by atoms with E-state index in [-0.39, 0.29) is 5.82 Å². The molecule has 0 aromatic carbocycles. The van der Waals surface area contributed by atoms with Crippen molar-refractivity contribution in [2.75, 3.05) is 51.7 Å². The minimum absolute atomic E-state index is 0.0830. The fraction of sp³-hybridized carbons (Fsp3) is 0.615. The van der Waals surface area contributed by atoms with Gasteiger partial charge in [0.1, 0.15) is 5.82 Å². The van der Waals surface area contributed by atoms with Crippen LogP contribution in [0.3, 0.4) is 0 Å². The summed E-state index contributed by atoms with van der Waals surface area (Å²) < 4.78 is 4.59. The number of methoxy groups -OCH3 is 1. The topological polar surface area (TPSA) is 79.4 Å². The molecule has 20 heavy (non-hydrogen) atoms. The van der Waals surface area contributed by atoms with Crippen molar-refractivity contribution < 1.29 is 9.53 Å². The molecule has 7 nitrogen and oxygen atoms in total. The first-order valence-corrected chi connectivity index (χ1v) is 6.88. The Balaban J connectivity index is 1.72. The molecule has 2 N–H and O–H groups in total. The van der Waals surface area contributed by atoms with Crippen molar-refractivity contribution >= 4 is 11.8 Å². The van der Waals surface area contributed by atoms with Crippen molar-refractivity contribution in [2.45, 2.75) is 6.42 Å². The summed E-state index contributed by atoms with van der Waals surface area (Å²) in [5.74, 6) is 0.217. The second-order valence-corrected chi connectivity index (χ2v) is 4.63. The molecule has 0 saturated carbocycles. The number of rotatable bonds is 6. The van der Waals surface area contributed by atoms with Gasteiger partial charge in [0.25, 0.3) is 0 Å². The molecule has 0 aliphatic carbocycles. The molecular formula is C13H21N5O2. The van der Waals surface area contributed by atoms with Gasteiger partial charge in [0, 0.05) is 38.9 Å². The smallest absolute Gasteiger partial charge is 0.376 e. The van der Waals surface area contributed by atoms with E-state index in [1.54, 1.807) is 12.3 Å². The number of aromatic nitrogens is 2. The number of ether oxygens (including phenoxy) is 1. The van der Waals surface area contributed by atoms with E-state index in [1.807, 2.05) is 0 Å². The quantitative estimate of drug-likeness (QED) is 0.559. The molecular weight excluding hydrogens is 258 g/mol. The number of carbonyl (C=O) groups excluding carboxylic acids is 1. The SMILES string of the molecule is COC(=O)c1nccc(NCCCN2CCNCC2)n1. The summed E-state index contributed by atoms with van der Waals surface area (Å²) in [6, 6.07) is 1.75. The third kappa shape index (κ3) is 4.43. The van der Waals surface area contributed by atoms with Gasteiger partial charge in [0.05, 0.1) is 7.11 Å². The van der Waals surface area contributed by atoms with Gasteiger partial charge in [-0.15, -0.1) is 0 Å². The van der Waals surface area contributed by atoms with Crippen molar-refractivity contribution in [3.63, 3.8) is 0 Å². The Bertz CT molecular complexity index is 435. The van der Waals surface area contributed by atoms with Gasteiger partial charge in [-0.1, -0.05) is 0 Å². The standard InChI is InChI=1S/C13H21N5O2/c1-20-13(19)12-16-5-3-11(17-12)15-4-2-8-18-9-6-14-7-10-18/h3,5,14H,2,4,6-10H2,1H3,(H,15,16,17). The van der Waals surface area contributed by atoms with Gasteiger partial charge in [-0.2, -0.15) is 0 Å². The van der Waals surface area contributed by atoms with Crippen LogP contribution in [0, 0.1) is 0 Å². The zero-order valence-corrected chi connectivity index (χ0v) is 11.8. The van der Waals surface area contributed by atoms with E-state index in [0.717, 1.165) is 45.7 Å². The monoisotopic (exact) mass is 279 g/mol. The average Bonchev–Trinajstić information content (AvgIpc) is 2.52. The van der Waals surface area contributed by atoms with Crippen LogP contribution in [0.25, 0.3) is 0 Å². The van der Waals surface area contributed by atoms with E-state index in [1.165, 1.54) is 7.11 Å². The predicted molar refractivity (Wildman–Crippen MR) is 75.8 cm³/mol. The van der Waals surface area contributed by atoms with Crippen molar-refractivity contribution in [2.24, 2.45) is 0 Å². The highest BCUT2D eigenvalue weighted by Crippen LogP contribution is 2.03. The molecule has 0 bridgehead atoms. The number of piperazine rings is 1. The van der Waals surface area contributed by atoms with E-state index >= 15 is 0 Å². The van der Waals surface area contributed by atoms with Crippen LogP contribution in [0.5, 0.6) is 0 Å². The largest absolute Gasteiger partial charge is 0.463 e. The summed E-state index contributed by atoms with van der Waals surface area (Å²) in [5.41, 5.74) is 0. The highest BCUT2D eigenvalue weighted by Gasteiger charge is 2.10. The van der Waals surface area contributed by atoms with Crippen LogP contribution in [0.2, 0.25) is 0 Å². The molecule has 1 aromatic heterocycles. The summed E-state index contributed by atoms with van der Waals surface area (Å²) in [7, 11) is 1.32. The second kappa shape index (κ2) is 7.76. The number of nitrogens with zero attached hydrogens (tertiary/aromatic N) is 3. The molecule has 1 aliphatic rings. The van der Waals surface area contributed by atoms with Crippen LogP contribution in [0.4, 0.5) is 5.82 Å². The van der Waals surface area contributed by atoms with Gasteiger partial charge >= 0.3 is 5.97 Å². The van der Waals surface area contributed by atoms with Gasteiger partial charge in [-0.3, -0.25) is 0 Å². The molecule has 0 radical (unpaired) electrons. The lowest BCUT2D eigenvalue weighted by Gasteiger charge is -2.27. The molecule has 2 heterocycles. The van der Waals surface area contributed by atoms with Crippen molar-refractivity contribution in [1.82, 2.24) is 20.2 Å². The number of carbonyl (C=O) groups is 1. The van der Waals surface area contributed by atoms with Crippen LogP contribution < -0.4 is 10.6 Å². The zero-order valence-electron chi connectivity index (χ0n) is 11.8. The lowest BCUT2D eigenvalue weighted by atomic mass is 10.3.